The third-order valence-electron chi connectivity index (χ3n) is 3.34. The molecule has 1 heterocycles. The number of fused-ring (bicyclic) bond motifs is 1. The molecule has 4 nitrogen and oxygen atoms in total. The fraction of sp³-hybridized carbons (Fsp3) is 0.500. The number of nitrogens with two attached hydrogens (primary N) is 1. The minimum Gasteiger partial charge on any atom is -0.356 e. The van der Waals surface area contributed by atoms with Crippen molar-refractivity contribution in [2.24, 2.45) is 5.73 Å². The van der Waals surface area contributed by atoms with Gasteiger partial charge < -0.3 is 15.6 Å². The summed E-state index contributed by atoms with van der Waals surface area (Å²) in [6, 6.07) is 0.290. The zero-order valence-electron chi connectivity index (χ0n) is 12.4. The average molecular weight is 562 g/mol. The molecule has 0 aliphatic rings. The molecule has 2 rings (SSSR count). The lowest BCUT2D eigenvalue weighted by Gasteiger charge is -2.15. The molecule has 8 heteroatoms. The van der Waals surface area contributed by atoms with Gasteiger partial charge in [-0.15, -0.1) is 0 Å². The number of benzene rings is 1. The number of nitrogens with zero attached hydrogens (tertiary/aromatic N) is 2. The Balaban J connectivity index is 2.55. The molecule has 0 radical (unpaired) electrons. The van der Waals surface area contributed by atoms with Crippen LogP contribution in [0.25, 0.3) is 11.0 Å². The molecule has 0 spiro atoms. The third kappa shape index (κ3) is 3.55. The molecule has 0 fully saturated rings. The number of nitrogens with one attached hydrogen (secondary N) is 1. The predicted molar refractivity (Wildman–Crippen MR) is 108 cm³/mol. The lowest BCUT2D eigenvalue weighted by molar-refractivity contribution is 0.619. The molecule has 0 unspecified atom stereocenters. The number of imidazole rings is 1. The Morgan fingerprint density at radius 3 is 2.27 bits per heavy atom. The Labute approximate surface area is 164 Å². The molecule has 1 aromatic heterocycles. The molecule has 0 atom stereocenters. The smallest absolute Gasteiger partial charge is 0.204 e. The lowest BCUT2D eigenvalue weighted by Crippen LogP contribution is -2.12. The van der Waals surface area contributed by atoms with Crippen molar-refractivity contribution in [3.63, 3.8) is 0 Å². The van der Waals surface area contributed by atoms with E-state index in [9.17, 15) is 0 Å². The van der Waals surface area contributed by atoms with Crippen LogP contribution in [0.4, 0.5) is 5.95 Å². The van der Waals surface area contributed by atoms with Crippen LogP contribution in [0, 0.1) is 0 Å². The Morgan fingerprint density at radius 1 is 1.05 bits per heavy atom. The van der Waals surface area contributed by atoms with Gasteiger partial charge >= 0.3 is 0 Å². The first-order valence-corrected chi connectivity index (χ1v) is 10.2. The van der Waals surface area contributed by atoms with Gasteiger partial charge in [-0.05, 0) is 97.0 Å². The molecule has 1 aromatic carbocycles. The third-order valence-corrected chi connectivity index (χ3v) is 8.06. The van der Waals surface area contributed by atoms with E-state index >= 15 is 0 Å². The van der Waals surface area contributed by atoms with Crippen LogP contribution in [-0.4, -0.2) is 22.6 Å². The summed E-state index contributed by atoms with van der Waals surface area (Å²) in [4.78, 5) is 4.79. The van der Waals surface area contributed by atoms with Crippen LogP contribution < -0.4 is 11.1 Å². The summed E-state index contributed by atoms with van der Waals surface area (Å²) >= 11 is 14.5. The van der Waals surface area contributed by atoms with Crippen LogP contribution in [0.15, 0.2) is 17.9 Å². The summed E-state index contributed by atoms with van der Waals surface area (Å²) < 4.78 is 6.08. The number of hydrogen-bond donors (Lipinski definition) is 2. The van der Waals surface area contributed by atoms with Gasteiger partial charge in [0.2, 0.25) is 5.95 Å². The first-order valence-electron chi connectivity index (χ1n) is 7.08. The minimum atomic E-state index is 0.290. The van der Waals surface area contributed by atoms with Crippen LogP contribution in [0.1, 0.15) is 32.7 Å². The first kappa shape index (κ1) is 18.7. The van der Waals surface area contributed by atoms with Gasteiger partial charge in [0.05, 0.1) is 14.5 Å². The molecule has 0 aliphatic heterocycles. The van der Waals surface area contributed by atoms with Gasteiger partial charge in [0, 0.05) is 21.5 Å². The van der Waals surface area contributed by atoms with Crippen molar-refractivity contribution in [3.8, 4) is 0 Å². The van der Waals surface area contributed by atoms with Crippen molar-refractivity contribution in [3.05, 3.63) is 17.9 Å². The van der Waals surface area contributed by atoms with Crippen LogP contribution in [0.5, 0.6) is 0 Å². The number of aromatic nitrogens is 2. The van der Waals surface area contributed by atoms with Gasteiger partial charge in [0.25, 0.3) is 0 Å². The van der Waals surface area contributed by atoms with E-state index in [0.29, 0.717) is 6.04 Å². The maximum atomic E-state index is 5.55. The van der Waals surface area contributed by atoms with E-state index in [1.165, 1.54) is 0 Å². The highest BCUT2D eigenvalue weighted by atomic mass is 79.9. The molecule has 0 amide bonds. The largest absolute Gasteiger partial charge is 0.356 e. The summed E-state index contributed by atoms with van der Waals surface area (Å²) in [7, 11) is 0. The molecule has 122 valence electrons. The highest BCUT2D eigenvalue weighted by Gasteiger charge is 2.22. The number of rotatable bonds is 6. The Kier molecular flexibility index (Phi) is 6.77. The number of hydrogen-bond acceptors (Lipinski definition) is 3. The van der Waals surface area contributed by atoms with Crippen molar-refractivity contribution in [1.82, 2.24) is 9.55 Å². The summed E-state index contributed by atoms with van der Waals surface area (Å²) in [6.07, 6.45) is 2.05. The average Bonchev–Trinajstić information content (AvgIpc) is 2.87. The lowest BCUT2D eigenvalue weighted by atomic mass is 10.3. The second kappa shape index (κ2) is 7.96. The van der Waals surface area contributed by atoms with Crippen molar-refractivity contribution >= 4 is 80.7 Å². The van der Waals surface area contributed by atoms with Gasteiger partial charge in [-0.25, -0.2) is 4.98 Å². The van der Waals surface area contributed by atoms with E-state index in [1.54, 1.807) is 0 Å². The van der Waals surface area contributed by atoms with E-state index < -0.39 is 0 Å². The maximum Gasteiger partial charge on any atom is 0.204 e. The van der Waals surface area contributed by atoms with E-state index in [0.717, 1.165) is 60.8 Å². The fourth-order valence-electron chi connectivity index (χ4n) is 2.29. The molecule has 3 N–H and O–H groups in total. The number of unbranched alkanes of at least 4 members (excludes halogenated alkanes) is 1. The predicted octanol–water partition coefficient (Wildman–Crippen LogP) is 5.82. The second-order valence-corrected chi connectivity index (χ2v) is 8.45. The molecule has 22 heavy (non-hydrogen) atoms. The van der Waals surface area contributed by atoms with Gasteiger partial charge in [0.15, 0.2) is 0 Å². The van der Waals surface area contributed by atoms with Crippen LogP contribution in [0.2, 0.25) is 0 Å². The molecule has 2 aromatic rings. The topological polar surface area (TPSA) is 55.9 Å². The Hall–Kier alpha value is 0.370. The minimum absolute atomic E-state index is 0.290. The summed E-state index contributed by atoms with van der Waals surface area (Å²) in [6.45, 7) is 5.90. The highest BCUT2D eigenvalue weighted by molar-refractivity contribution is 9.15. The quantitative estimate of drug-likeness (QED) is 0.266. The van der Waals surface area contributed by atoms with Crippen molar-refractivity contribution in [2.45, 2.75) is 32.7 Å². The molecular formula is C14H18Br4N4. The van der Waals surface area contributed by atoms with E-state index in [2.05, 4.69) is 87.5 Å². The van der Waals surface area contributed by atoms with Crippen LogP contribution >= 0.6 is 63.7 Å². The van der Waals surface area contributed by atoms with E-state index in [4.69, 9.17) is 10.7 Å². The highest BCUT2D eigenvalue weighted by Crippen LogP contribution is 2.44. The monoisotopic (exact) mass is 558 g/mol. The molecule has 0 saturated carbocycles. The Morgan fingerprint density at radius 2 is 1.68 bits per heavy atom. The summed E-state index contributed by atoms with van der Waals surface area (Å²) in [5.41, 5.74) is 7.54. The fourth-order valence-corrected chi connectivity index (χ4v) is 4.65. The molecule has 0 aliphatic carbocycles. The standard InChI is InChI=1S/C14H18Br4N4/c1-7(2)22-13-11(18)9(16)8(15)10(17)12(13)21-14(22)20-6-4-3-5-19/h7H,3-6,19H2,1-2H3,(H,20,21). The zero-order valence-corrected chi connectivity index (χ0v) is 18.7. The van der Waals surface area contributed by atoms with Crippen LogP contribution in [-0.2, 0) is 0 Å². The summed E-state index contributed by atoms with van der Waals surface area (Å²) in [5.74, 6) is 0.883. The zero-order chi connectivity index (χ0) is 16.4. The van der Waals surface area contributed by atoms with Crippen molar-refractivity contribution in [1.29, 1.82) is 0 Å². The molecule has 0 saturated heterocycles. The van der Waals surface area contributed by atoms with Crippen LogP contribution in [0.3, 0.4) is 0 Å². The maximum absolute atomic E-state index is 5.55. The van der Waals surface area contributed by atoms with Crippen molar-refractivity contribution in [2.75, 3.05) is 18.4 Å². The summed E-state index contributed by atoms with van der Waals surface area (Å²) in [5, 5.41) is 3.44. The molecular weight excluding hydrogens is 544 g/mol. The van der Waals surface area contributed by atoms with Gasteiger partial charge in [-0.2, -0.15) is 0 Å². The van der Waals surface area contributed by atoms with Gasteiger partial charge in [-0.3, -0.25) is 0 Å². The second-order valence-electron chi connectivity index (χ2n) is 5.27. The molecule has 0 bridgehead atoms. The normalized spacial score (nSPS) is 11.6. The van der Waals surface area contributed by atoms with Crippen molar-refractivity contribution < 1.29 is 0 Å². The van der Waals surface area contributed by atoms with E-state index in [1.807, 2.05) is 0 Å². The first-order chi connectivity index (χ1) is 10.4. The van der Waals surface area contributed by atoms with Gasteiger partial charge in [-0.1, -0.05) is 0 Å². The van der Waals surface area contributed by atoms with Gasteiger partial charge in [0.1, 0.15) is 5.52 Å². The number of halogens is 4. The van der Waals surface area contributed by atoms with E-state index in [-0.39, 0.29) is 0 Å². The Bertz CT molecular complexity index is 682. The SMILES string of the molecule is CC(C)n1c(NCCCCN)nc2c(Br)c(Br)c(Br)c(Br)c21. The number of anilines is 1.